The van der Waals surface area contributed by atoms with Crippen molar-refractivity contribution >= 4 is 0 Å². The Morgan fingerprint density at radius 3 is 2.82 bits per heavy atom. The molecular formula is C9H12FN. The first-order chi connectivity index (χ1) is 5.24. The molecule has 1 aromatic rings. The average Bonchev–Trinajstić information content (AvgIpc) is 1.95. The van der Waals surface area contributed by atoms with E-state index in [2.05, 4.69) is 7.05 Å². The molecule has 1 nitrogen and oxygen atoms in total. The normalized spacial score (nSPS) is 10.1. The van der Waals surface area contributed by atoms with Gasteiger partial charge in [0.2, 0.25) is 0 Å². The highest BCUT2D eigenvalue weighted by molar-refractivity contribution is 5.22. The number of rotatable bonds is 2. The van der Waals surface area contributed by atoms with Crippen molar-refractivity contribution in [1.82, 2.24) is 0 Å². The number of benzene rings is 1. The van der Waals surface area contributed by atoms with E-state index in [0.717, 1.165) is 5.56 Å². The summed E-state index contributed by atoms with van der Waals surface area (Å²) in [5.74, 6) is -0.134. The largest absolute Gasteiger partial charge is 0.475 e. The molecule has 0 radical (unpaired) electrons. The van der Waals surface area contributed by atoms with Gasteiger partial charge in [-0.3, -0.25) is 0 Å². The molecule has 0 unspecified atom stereocenters. The summed E-state index contributed by atoms with van der Waals surface area (Å²) in [5.41, 5.74) is 1.67. The van der Waals surface area contributed by atoms with E-state index in [-0.39, 0.29) is 5.82 Å². The van der Waals surface area contributed by atoms with E-state index in [4.69, 9.17) is 0 Å². The Morgan fingerprint density at radius 2 is 2.27 bits per heavy atom. The molecule has 0 atom stereocenters. The molecule has 0 heterocycles. The van der Waals surface area contributed by atoms with Gasteiger partial charge in [-0.1, -0.05) is 12.1 Å². The Balaban J connectivity index is 2.90. The standard InChI is InChI=1S/C9H12FN/c1-7-3-4-8(6-11-2)9(10)5-7/h3-5H,2,6,11H2,1H3. The maximum absolute atomic E-state index is 13.0. The Hall–Kier alpha value is -0.890. The molecule has 0 aliphatic carbocycles. The first-order valence-electron chi connectivity index (χ1n) is 3.60. The monoisotopic (exact) mass is 153 g/mol. The van der Waals surface area contributed by atoms with Crippen LogP contribution in [0.1, 0.15) is 11.1 Å². The third-order valence-electron chi connectivity index (χ3n) is 1.57. The van der Waals surface area contributed by atoms with E-state index in [0.29, 0.717) is 12.1 Å². The molecule has 1 aromatic carbocycles. The zero-order chi connectivity index (χ0) is 8.27. The molecule has 0 aliphatic rings. The topological polar surface area (TPSA) is 16.6 Å². The van der Waals surface area contributed by atoms with Crippen LogP contribution in [0.3, 0.4) is 0 Å². The lowest BCUT2D eigenvalue weighted by Gasteiger charge is -2.02. The molecule has 0 aromatic heterocycles. The summed E-state index contributed by atoms with van der Waals surface area (Å²) < 4.78 is 13.0. The average molecular weight is 153 g/mol. The van der Waals surface area contributed by atoms with Crippen molar-refractivity contribution in [1.29, 1.82) is 0 Å². The van der Waals surface area contributed by atoms with Crippen LogP contribution >= 0.6 is 0 Å². The molecule has 0 saturated heterocycles. The number of halogens is 1. The Morgan fingerprint density at radius 1 is 1.55 bits per heavy atom. The predicted octanol–water partition coefficient (Wildman–Crippen LogP) is 0.989. The van der Waals surface area contributed by atoms with Crippen molar-refractivity contribution in [2.75, 3.05) is 0 Å². The lowest BCUT2D eigenvalue weighted by molar-refractivity contribution is -0.612. The number of hydrogen-bond acceptors (Lipinski definition) is 0. The van der Waals surface area contributed by atoms with Gasteiger partial charge in [0.05, 0.1) is 6.54 Å². The van der Waals surface area contributed by atoms with Crippen LogP contribution in [0.4, 0.5) is 4.39 Å². The van der Waals surface area contributed by atoms with Crippen LogP contribution < -0.4 is 5.32 Å². The summed E-state index contributed by atoms with van der Waals surface area (Å²) in [6.07, 6.45) is 0. The fourth-order valence-electron chi connectivity index (χ4n) is 0.973. The van der Waals surface area contributed by atoms with Gasteiger partial charge in [-0.05, 0) is 18.6 Å². The first kappa shape index (κ1) is 8.21. The summed E-state index contributed by atoms with van der Waals surface area (Å²) in [6, 6.07) is 5.24. The van der Waals surface area contributed by atoms with Gasteiger partial charge in [-0.25, -0.2) is 4.39 Å². The quantitative estimate of drug-likeness (QED) is 0.610. The van der Waals surface area contributed by atoms with Crippen molar-refractivity contribution in [3.05, 3.63) is 42.2 Å². The molecular weight excluding hydrogens is 141 g/mol. The van der Waals surface area contributed by atoms with Gasteiger partial charge in [-0.2, -0.15) is 7.05 Å². The van der Waals surface area contributed by atoms with Crippen LogP contribution in [0.15, 0.2) is 18.2 Å². The van der Waals surface area contributed by atoms with Gasteiger partial charge < -0.3 is 5.32 Å². The zero-order valence-corrected chi connectivity index (χ0v) is 6.60. The SMILES string of the molecule is [CH2-][NH2+]Cc1ccc(C)cc1F. The maximum atomic E-state index is 13.0. The Bertz CT molecular complexity index is 245. The second-order valence-corrected chi connectivity index (χ2v) is 2.59. The van der Waals surface area contributed by atoms with E-state index in [1.54, 1.807) is 17.4 Å². The molecule has 0 saturated carbocycles. The third-order valence-corrected chi connectivity index (χ3v) is 1.57. The summed E-state index contributed by atoms with van der Waals surface area (Å²) in [6.45, 7) is 2.48. The van der Waals surface area contributed by atoms with Crippen molar-refractivity contribution in [3.8, 4) is 0 Å². The van der Waals surface area contributed by atoms with Crippen molar-refractivity contribution in [2.45, 2.75) is 13.5 Å². The number of quaternary nitrogens is 1. The minimum Gasteiger partial charge on any atom is -0.475 e. The summed E-state index contributed by atoms with van der Waals surface area (Å²) in [5, 5.41) is 1.70. The molecule has 1 rings (SSSR count). The van der Waals surface area contributed by atoms with Crippen LogP contribution in [0, 0.1) is 19.8 Å². The smallest absolute Gasteiger partial charge is 0.132 e. The summed E-state index contributed by atoms with van der Waals surface area (Å²) in [4.78, 5) is 0. The summed E-state index contributed by atoms with van der Waals surface area (Å²) >= 11 is 0. The van der Waals surface area contributed by atoms with Gasteiger partial charge in [0, 0.05) is 5.56 Å². The van der Waals surface area contributed by atoms with Gasteiger partial charge in [0.1, 0.15) is 5.82 Å². The molecule has 60 valence electrons. The lowest BCUT2D eigenvalue weighted by Crippen LogP contribution is -2.75. The Kier molecular flexibility index (Phi) is 2.60. The number of hydrogen-bond donors (Lipinski definition) is 1. The maximum Gasteiger partial charge on any atom is 0.132 e. The van der Waals surface area contributed by atoms with Gasteiger partial charge in [0.25, 0.3) is 0 Å². The highest BCUT2D eigenvalue weighted by Crippen LogP contribution is 2.07. The van der Waals surface area contributed by atoms with E-state index >= 15 is 0 Å². The molecule has 11 heavy (non-hydrogen) atoms. The lowest BCUT2D eigenvalue weighted by atomic mass is 10.1. The zero-order valence-electron chi connectivity index (χ0n) is 6.60. The summed E-state index contributed by atoms with van der Waals surface area (Å²) in [7, 11) is 3.55. The molecule has 0 spiro atoms. The fourth-order valence-corrected chi connectivity index (χ4v) is 0.973. The number of nitrogens with two attached hydrogens (primary N) is 1. The molecule has 0 fully saturated rings. The molecule has 2 N–H and O–H groups in total. The minimum absolute atomic E-state index is 0.134. The van der Waals surface area contributed by atoms with E-state index in [1.165, 1.54) is 0 Å². The highest BCUT2D eigenvalue weighted by atomic mass is 19.1. The van der Waals surface area contributed by atoms with E-state index < -0.39 is 0 Å². The molecule has 0 amide bonds. The van der Waals surface area contributed by atoms with Crippen molar-refractivity contribution in [2.24, 2.45) is 0 Å². The minimum atomic E-state index is -0.134. The predicted molar refractivity (Wildman–Crippen MR) is 42.1 cm³/mol. The highest BCUT2D eigenvalue weighted by Gasteiger charge is 2.00. The van der Waals surface area contributed by atoms with Gasteiger partial charge >= 0.3 is 0 Å². The molecule has 2 heteroatoms. The van der Waals surface area contributed by atoms with Crippen LogP contribution in [0.5, 0.6) is 0 Å². The van der Waals surface area contributed by atoms with Crippen molar-refractivity contribution in [3.63, 3.8) is 0 Å². The second kappa shape index (κ2) is 3.49. The first-order valence-corrected chi connectivity index (χ1v) is 3.60. The van der Waals surface area contributed by atoms with Crippen LogP contribution in [-0.2, 0) is 6.54 Å². The van der Waals surface area contributed by atoms with Crippen LogP contribution in [0.25, 0.3) is 0 Å². The molecule has 0 aliphatic heterocycles. The number of aryl methyl sites for hydroxylation is 1. The van der Waals surface area contributed by atoms with E-state index in [1.807, 2.05) is 13.0 Å². The van der Waals surface area contributed by atoms with Gasteiger partial charge in [-0.15, -0.1) is 0 Å². The van der Waals surface area contributed by atoms with Crippen LogP contribution in [-0.4, -0.2) is 0 Å². The van der Waals surface area contributed by atoms with Crippen LogP contribution in [0.2, 0.25) is 0 Å². The fraction of sp³-hybridized carbons (Fsp3) is 0.222. The van der Waals surface area contributed by atoms with Gasteiger partial charge in [0.15, 0.2) is 0 Å². The molecule has 0 bridgehead atoms. The third kappa shape index (κ3) is 2.02. The Labute approximate surface area is 66.2 Å². The van der Waals surface area contributed by atoms with Crippen molar-refractivity contribution < 1.29 is 9.71 Å². The van der Waals surface area contributed by atoms with E-state index in [9.17, 15) is 4.39 Å². The second-order valence-electron chi connectivity index (χ2n) is 2.59.